The van der Waals surface area contributed by atoms with Gasteiger partial charge in [0, 0.05) is 13.1 Å². The number of rotatable bonds is 5. The van der Waals surface area contributed by atoms with Crippen LogP contribution in [0.5, 0.6) is 5.75 Å². The lowest BCUT2D eigenvalue weighted by Gasteiger charge is -2.31. The molecule has 5 nitrogen and oxygen atoms in total. The van der Waals surface area contributed by atoms with Crippen molar-refractivity contribution in [2.75, 3.05) is 43.1 Å². The van der Waals surface area contributed by atoms with Crippen molar-refractivity contribution in [2.24, 2.45) is 0 Å². The number of anilines is 2. The van der Waals surface area contributed by atoms with Crippen molar-refractivity contribution in [3.63, 3.8) is 0 Å². The maximum absolute atomic E-state index is 13.0. The number of benzene rings is 2. The first-order chi connectivity index (χ1) is 12.5. The fraction of sp³-hybridized carbons (Fsp3) is 0.278. The van der Waals surface area contributed by atoms with E-state index in [4.69, 9.17) is 32.7 Å². The molecule has 2 aromatic rings. The van der Waals surface area contributed by atoms with Crippen molar-refractivity contribution in [3.05, 3.63) is 52.3 Å². The second-order valence-electron chi connectivity index (χ2n) is 5.65. The van der Waals surface area contributed by atoms with Crippen molar-refractivity contribution < 1.29 is 18.7 Å². The zero-order valence-corrected chi connectivity index (χ0v) is 15.3. The van der Waals surface area contributed by atoms with Gasteiger partial charge < -0.3 is 19.7 Å². The van der Waals surface area contributed by atoms with Crippen molar-refractivity contribution in [1.29, 1.82) is 0 Å². The highest BCUT2D eigenvalue weighted by Crippen LogP contribution is 2.34. The summed E-state index contributed by atoms with van der Waals surface area (Å²) in [6, 6.07) is 9.04. The van der Waals surface area contributed by atoms with Crippen LogP contribution in [0.4, 0.5) is 15.8 Å². The van der Waals surface area contributed by atoms with E-state index in [-0.39, 0.29) is 23.3 Å². The quantitative estimate of drug-likeness (QED) is 0.827. The van der Waals surface area contributed by atoms with Gasteiger partial charge in [-0.05, 0) is 30.3 Å². The summed E-state index contributed by atoms with van der Waals surface area (Å²) in [5, 5.41) is 3.46. The molecule has 1 heterocycles. The van der Waals surface area contributed by atoms with Crippen molar-refractivity contribution >= 4 is 40.5 Å². The van der Waals surface area contributed by atoms with Crippen LogP contribution in [0.25, 0.3) is 0 Å². The Bertz CT molecular complexity index is 798. The van der Waals surface area contributed by atoms with Crippen LogP contribution in [0.1, 0.15) is 0 Å². The van der Waals surface area contributed by atoms with Crippen LogP contribution in [-0.4, -0.2) is 38.8 Å². The number of morpholine rings is 1. The lowest BCUT2D eigenvalue weighted by Crippen LogP contribution is -2.37. The third kappa shape index (κ3) is 4.58. The van der Waals surface area contributed by atoms with Gasteiger partial charge in [-0.15, -0.1) is 0 Å². The standard InChI is InChI=1S/C18H17Cl2FN2O3/c19-13-2-1-3-15(18(13)23-6-8-25-9-7-23)22-17(24)11-26-16-5-4-12(21)10-14(16)20/h1-5,10H,6-9,11H2,(H,22,24). The van der Waals surface area contributed by atoms with Gasteiger partial charge in [-0.1, -0.05) is 29.3 Å². The van der Waals surface area contributed by atoms with Crippen LogP contribution in [0.15, 0.2) is 36.4 Å². The Morgan fingerprint density at radius 3 is 2.69 bits per heavy atom. The van der Waals surface area contributed by atoms with Crippen molar-refractivity contribution in [1.82, 2.24) is 0 Å². The second kappa shape index (κ2) is 8.58. The van der Waals surface area contributed by atoms with Crippen LogP contribution < -0.4 is 15.0 Å². The van der Waals surface area contributed by atoms with Crippen LogP contribution >= 0.6 is 23.2 Å². The number of ether oxygens (including phenoxy) is 2. The van der Waals surface area contributed by atoms with Gasteiger partial charge in [0.1, 0.15) is 11.6 Å². The average Bonchev–Trinajstić information content (AvgIpc) is 2.62. The lowest BCUT2D eigenvalue weighted by atomic mass is 10.2. The highest BCUT2D eigenvalue weighted by atomic mass is 35.5. The van der Waals surface area contributed by atoms with Crippen LogP contribution in [-0.2, 0) is 9.53 Å². The smallest absolute Gasteiger partial charge is 0.262 e. The largest absolute Gasteiger partial charge is 0.482 e. The number of carbonyl (C=O) groups is 1. The number of nitrogens with one attached hydrogen (secondary N) is 1. The lowest BCUT2D eigenvalue weighted by molar-refractivity contribution is -0.118. The summed E-state index contributed by atoms with van der Waals surface area (Å²) in [6.45, 7) is 2.32. The summed E-state index contributed by atoms with van der Waals surface area (Å²) < 4.78 is 23.8. The molecule has 0 aromatic heterocycles. The highest BCUT2D eigenvalue weighted by Gasteiger charge is 2.19. The Morgan fingerprint density at radius 1 is 1.19 bits per heavy atom. The molecule has 8 heteroatoms. The monoisotopic (exact) mass is 398 g/mol. The number of carbonyl (C=O) groups excluding carboxylic acids is 1. The van der Waals surface area contributed by atoms with Gasteiger partial charge in [-0.3, -0.25) is 4.79 Å². The fourth-order valence-electron chi connectivity index (χ4n) is 2.65. The van der Waals surface area contributed by atoms with Gasteiger partial charge in [-0.2, -0.15) is 0 Å². The predicted octanol–water partition coefficient (Wildman–Crippen LogP) is 3.99. The summed E-state index contributed by atoms with van der Waals surface area (Å²) in [5.74, 6) is -0.606. The molecular weight excluding hydrogens is 382 g/mol. The molecule has 1 saturated heterocycles. The molecule has 0 unspecified atom stereocenters. The maximum atomic E-state index is 13.0. The molecule has 3 rings (SSSR count). The molecule has 2 aromatic carbocycles. The van der Waals surface area contributed by atoms with Crippen molar-refractivity contribution in [3.8, 4) is 5.75 Å². The predicted molar refractivity (Wildman–Crippen MR) is 100 cm³/mol. The molecule has 1 amide bonds. The number of hydrogen-bond donors (Lipinski definition) is 1. The fourth-order valence-corrected chi connectivity index (χ4v) is 3.16. The Kier molecular flexibility index (Phi) is 6.19. The summed E-state index contributed by atoms with van der Waals surface area (Å²) in [6.07, 6.45) is 0. The van der Waals surface area contributed by atoms with E-state index >= 15 is 0 Å². The molecule has 0 bridgehead atoms. The Hall–Kier alpha value is -2.02. The Morgan fingerprint density at radius 2 is 1.96 bits per heavy atom. The molecule has 1 aliphatic heterocycles. The SMILES string of the molecule is O=C(COc1ccc(F)cc1Cl)Nc1cccc(Cl)c1N1CCOCC1. The van der Waals surface area contributed by atoms with E-state index < -0.39 is 5.82 Å². The summed E-state index contributed by atoms with van der Waals surface area (Å²) in [4.78, 5) is 14.3. The Labute approximate surface area is 160 Å². The normalized spacial score (nSPS) is 14.2. The molecule has 1 aliphatic rings. The molecular formula is C18H17Cl2FN2O3. The molecule has 1 N–H and O–H groups in total. The molecule has 0 aliphatic carbocycles. The van der Waals surface area contributed by atoms with E-state index in [9.17, 15) is 9.18 Å². The second-order valence-corrected chi connectivity index (χ2v) is 6.46. The summed E-state index contributed by atoms with van der Waals surface area (Å²) >= 11 is 12.2. The van der Waals surface area contributed by atoms with Gasteiger partial charge in [0.2, 0.25) is 0 Å². The van der Waals surface area contributed by atoms with Gasteiger partial charge in [-0.25, -0.2) is 4.39 Å². The van der Waals surface area contributed by atoms with Gasteiger partial charge in [0.25, 0.3) is 5.91 Å². The number of amides is 1. The highest BCUT2D eigenvalue weighted by molar-refractivity contribution is 6.34. The van der Waals surface area contributed by atoms with Crippen LogP contribution in [0.3, 0.4) is 0 Å². The van der Waals surface area contributed by atoms with Crippen molar-refractivity contribution in [2.45, 2.75) is 0 Å². The molecule has 0 saturated carbocycles. The van der Waals surface area contributed by atoms with Crippen LogP contribution in [0.2, 0.25) is 10.0 Å². The van der Waals surface area contributed by atoms with E-state index in [1.54, 1.807) is 18.2 Å². The minimum absolute atomic E-state index is 0.106. The number of para-hydroxylation sites is 1. The van der Waals surface area contributed by atoms with E-state index in [0.29, 0.717) is 37.0 Å². The summed E-state index contributed by atoms with van der Waals surface area (Å²) in [5.41, 5.74) is 1.35. The third-order valence-corrected chi connectivity index (χ3v) is 4.44. The Balaban J connectivity index is 1.68. The molecule has 138 valence electrons. The topological polar surface area (TPSA) is 50.8 Å². The zero-order valence-electron chi connectivity index (χ0n) is 13.8. The van der Waals surface area contributed by atoms with E-state index in [0.717, 1.165) is 11.8 Å². The first-order valence-corrected chi connectivity index (χ1v) is 8.79. The number of hydrogen-bond acceptors (Lipinski definition) is 4. The van der Waals surface area contributed by atoms with Gasteiger partial charge in [0.15, 0.2) is 6.61 Å². The molecule has 26 heavy (non-hydrogen) atoms. The molecule has 0 atom stereocenters. The van der Waals surface area contributed by atoms with Crippen LogP contribution in [0, 0.1) is 5.82 Å². The van der Waals surface area contributed by atoms with E-state index in [1.807, 2.05) is 0 Å². The number of nitrogens with zero attached hydrogens (tertiary/aromatic N) is 1. The molecule has 1 fully saturated rings. The van der Waals surface area contributed by atoms with Gasteiger partial charge in [0.05, 0.1) is 34.6 Å². The molecule has 0 radical (unpaired) electrons. The summed E-state index contributed by atoms with van der Waals surface area (Å²) in [7, 11) is 0. The van der Waals surface area contributed by atoms with Gasteiger partial charge >= 0.3 is 0 Å². The van der Waals surface area contributed by atoms with E-state index in [2.05, 4.69) is 10.2 Å². The van der Waals surface area contributed by atoms with E-state index in [1.165, 1.54) is 12.1 Å². The zero-order chi connectivity index (χ0) is 18.5. The minimum atomic E-state index is -0.471. The minimum Gasteiger partial charge on any atom is -0.482 e. The average molecular weight is 399 g/mol. The molecule has 0 spiro atoms. The maximum Gasteiger partial charge on any atom is 0.262 e. The number of halogens is 3. The first kappa shape index (κ1) is 18.8. The third-order valence-electron chi connectivity index (χ3n) is 3.84. The first-order valence-electron chi connectivity index (χ1n) is 8.03.